The highest BCUT2D eigenvalue weighted by molar-refractivity contribution is 5.80. The molecule has 2 heteroatoms. The molecule has 0 aliphatic carbocycles. The van der Waals surface area contributed by atoms with Crippen molar-refractivity contribution in [3.8, 4) is 11.8 Å². The second-order valence-electron chi connectivity index (χ2n) is 2.81. The molecular formula is C12H10O2. The minimum Gasteiger partial charge on any atom is -0.478 e. The largest absolute Gasteiger partial charge is 0.478 e. The number of carboxylic acids is 1. The first-order valence-electron chi connectivity index (χ1n) is 4.16. The molecule has 1 N–H and O–H groups in total. The standard InChI is InChI=1S/C12H10O2/c1-10-5-4-7-11(9-10)6-2-3-8-12(13)14/h3-5,7-9H,1H3,(H,13,14)/b8-3+. The van der Waals surface area contributed by atoms with Gasteiger partial charge in [-0.05, 0) is 30.7 Å². The van der Waals surface area contributed by atoms with Gasteiger partial charge in [-0.2, -0.15) is 0 Å². The van der Waals surface area contributed by atoms with Crippen LogP contribution < -0.4 is 0 Å². The number of allylic oxidation sites excluding steroid dienone is 1. The highest BCUT2D eigenvalue weighted by Gasteiger charge is 1.85. The van der Waals surface area contributed by atoms with E-state index in [2.05, 4.69) is 11.8 Å². The van der Waals surface area contributed by atoms with E-state index in [0.717, 1.165) is 17.2 Å². The first-order valence-corrected chi connectivity index (χ1v) is 4.16. The van der Waals surface area contributed by atoms with Crippen LogP contribution in [0.15, 0.2) is 36.4 Å². The monoisotopic (exact) mass is 186 g/mol. The lowest BCUT2D eigenvalue weighted by Crippen LogP contribution is -1.84. The second kappa shape index (κ2) is 4.88. The lowest BCUT2D eigenvalue weighted by molar-refractivity contribution is -0.131. The van der Waals surface area contributed by atoms with Crippen LogP contribution in [0.4, 0.5) is 0 Å². The topological polar surface area (TPSA) is 37.3 Å². The Balaban J connectivity index is 2.73. The van der Waals surface area contributed by atoms with Gasteiger partial charge in [-0.15, -0.1) is 0 Å². The lowest BCUT2D eigenvalue weighted by Gasteiger charge is -1.91. The minimum atomic E-state index is -0.983. The Morgan fingerprint density at radius 2 is 2.29 bits per heavy atom. The Hall–Kier alpha value is -2.01. The van der Waals surface area contributed by atoms with Crippen molar-refractivity contribution in [3.05, 3.63) is 47.5 Å². The average Bonchev–Trinajstić information content (AvgIpc) is 2.12. The van der Waals surface area contributed by atoms with Crippen molar-refractivity contribution in [1.29, 1.82) is 0 Å². The number of hydrogen-bond donors (Lipinski definition) is 1. The van der Waals surface area contributed by atoms with Gasteiger partial charge in [-0.3, -0.25) is 0 Å². The molecular weight excluding hydrogens is 176 g/mol. The van der Waals surface area contributed by atoms with E-state index in [1.807, 2.05) is 31.2 Å². The van der Waals surface area contributed by atoms with Crippen LogP contribution in [0.2, 0.25) is 0 Å². The van der Waals surface area contributed by atoms with Crippen LogP contribution in [0, 0.1) is 18.8 Å². The zero-order chi connectivity index (χ0) is 10.4. The molecule has 0 radical (unpaired) electrons. The van der Waals surface area contributed by atoms with Gasteiger partial charge in [0.05, 0.1) is 0 Å². The van der Waals surface area contributed by atoms with E-state index in [9.17, 15) is 4.79 Å². The molecule has 2 nitrogen and oxygen atoms in total. The number of carboxylic acid groups (broad SMARTS) is 1. The van der Waals surface area contributed by atoms with Crippen molar-refractivity contribution in [2.24, 2.45) is 0 Å². The van der Waals surface area contributed by atoms with Crippen LogP contribution in [0.5, 0.6) is 0 Å². The summed E-state index contributed by atoms with van der Waals surface area (Å²) in [5, 5.41) is 8.30. The summed E-state index contributed by atoms with van der Waals surface area (Å²) < 4.78 is 0. The number of benzene rings is 1. The molecule has 0 saturated carbocycles. The minimum absolute atomic E-state index is 0.889. The van der Waals surface area contributed by atoms with Crippen LogP contribution in [0.3, 0.4) is 0 Å². The second-order valence-corrected chi connectivity index (χ2v) is 2.81. The molecule has 0 aliphatic heterocycles. The molecule has 0 saturated heterocycles. The highest BCUT2D eigenvalue weighted by Crippen LogP contribution is 2.01. The predicted molar refractivity (Wildman–Crippen MR) is 54.8 cm³/mol. The maximum absolute atomic E-state index is 10.1. The van der Waals surface area contributed by atoms with E-state index in [0.29, 0.717) is 0 Å². The summed E-state index contributed by atoms with van der Waals surface area (Å²) >= 11 is 0. The summed E-state index contributed by atoms with van der Waals surface area (Å²) in [6.07, 6.45) is 2.34. The number of aliphatic carboxylic acids is 1. The molecule has 0 fully saturated rings. The van der Waals surface area contributed by atoms with Gasteiger partial charge < -0.3 is 5.11 Å². The van der Waals surface area contributed by atoms with Crippen LogP contribution in [-0.2, 0) is 4.79 Å². The molecule has 0 atom stereocenters. The van der Waals surface area contributed by atoms with E-state index >= 15 is 0 Å². The summed E-state index contributed by atoms with van der Waals surface area (Å²) in [5.41, 5.74) is 2.03. The summed E-state index contributed by atoms with van der Waals surface area (Å²) in [6, 6.07) is 7.73. The van der Waals surface area contributed by atoms with Crippen molar-refractivity contribution in [2.45, 2.75) is 6.92 Å². The molecule has 1 rings (SSSR count). The van der Waals surface area contributed by atoms with Gasteiger partial charge in [0.25, 0.3) is 0 Å². The molecule has 0 unspecified atom stereocenters. The molecule has 0 aliphatic rings. The maximum Gasteiger partial charge on any atom is 0.328 e. The number of aryl methyl sites for hydroxylation is 1. The van der Waals surface area contributed by atoms with Gasteiger partial charge in [0, 0.05) is 11.6 Å². The number of rotatable bonds is 1. The fraction of sp³-hybridized carbons (Fsp3) is 0.0833. The van der Waals surface area contributed by atoms with E-state index < -0.39 is 5.97 Å². The molecule has 70 valence electrons. The normalized spacial score (nSPS) is 9.50. The molecule has 0 aromatic heterocycles. The van der Waals surface area contributed by atoms with Gasteiger partial charge in [-0.1, -0.05) is 24.0 Å². The maximum atomic E-state index is 10.1. The average molecular weight is 186 g/mol. The van der Waals surface area contributed by atoms with Gasteiger partial charge in [-0.25, -0.2) is 4.79 Å². The van der Waals surface area contributed by atoms with Crippen molar-refractivity contribution in [3.63, 3.8) is 0 Å². The highest BCUT2D eigenvalue weighted by atomic mass is 16.4. The smallest absolute Gasteiger partial charge is 0.328 e. The molecule has 0 bridgehead atoms. The Morgan fingerprint density at radius 3 is 2.93 bits per heavy atom. The molecule has 0 heterocycles. The van der Waals surface area contributed by atoms with Crippen molar-refractivity contribution in [2.75, 3.05) is 0 Å². The first-order chi connectivity index (χ1) is 6.68. The van der Waals surface area contributed by atoms with Crippen LogP contribution >= 0.6 is 0 Å². The van der Waals surface area contributed by atoms with Crippen LogP contribution in [0.25, 0.3) is 0 Å². The predicted octanol–water partition coefficient (Wildman–Crippen LogP) is 1.99. The third kappa shape index (κ3) is 3.59. The first kappa shape index (κ1) is 10.1. The third-order valence-corrected chi connectivity index (χ3v) is 1.54. The van der Waals surface area contributed by atoms with Gasteiger partial charge in [0.1, 0.15) is 0 Å². The van der Waals surface area contributed by atoms with E-state index in [4.69, 9.17) is 5.11 Å². The summed E-state index contributed by atoms with van der Waals surface area (Å²) in [7, 11) is 0. The third-order valence-electron chi connectivity index (χ3n) is 1.54. The van der Waals surface area contributed by atoms with E-state index in [1.54, 1.807) is 0 Å². The summed E-state index contributed by atoms with van der Waals surface area (Å²) in [6.45, 7) is 1.98. The van der Waals surface area contributed by atoms with E-state index in [-0.39, 0.29) is 0 Å². The fourth-order valence-electron chi connectivity index (χ4n) is 0.961. The number of carbonyl (C=O) groups is 1. The van der Waals surface area contributed by atoms with Crippen LogP contribution in [-0.4, -0.2) is 11.1 Å². The van der Waals surface area contributed by atoms with Crippen molar-refractivity contribution in [1.82, 2.24) is 0 Å². The Morgan fingerprint density at radius 1 is 1.50 bits per heavy atom. The summed E-state index contributed by atoms with van der Waals surface area (Å²) in [5.74, 6) is 4.51. The Kier molecular flexibility index (Phi) is 3.51. The lowest BCUT2D eigenvalue weighted by atomic mass is 10.1. The Bertz CT molecular complexity index is 419. The number of hydrogen-bond acceptors (Lipinski definition) is 1. The van der Waals surface area contributed by atoms with Gasteiger partial charge in [0.2, 0.25) is 0 Å². The van der Waals surface area contributed by atoms with E-state index in [1.165, 1.54) is 6.08 Å². The van der Waals surface area contributed by atoms with Crippen molar-refractivity contribution >= 4 is 5.97 Å². The molecule has 14 heavy (non-hydrogen) atoms. The zero-order valence-electron chi connectivity index (χ0n) is 7.82. The summed E-state index contributed by atoms with van der Waals surface area (Å²) in [4.78, 5) is 10.1. The van der Waals surface area contributed by atoms with Gasteiger partial charge in [0.15, 0.2) is 0 Å². The molecule has 0 amide bonds. The van der Waals surface area contributed by atoms with Gasteiger partial charge >= 0.3 is 5.97 Å². The zero-order valence-corrected chi connectivity index (χ0v) is 7.82. The molecule has 1 aromatic carbocycles. The SMILES string of the molecule is Cc1cccc(C#C/C=C/C(=O)O)c1. The Labute approximate surface area is 82.9 Å². The molecule has 1 aromatic rings. The quantitative estimate of drug-likeness (QED) is 0.538. The fourth-order valence-corrected chi connectivity index (χ4v) is 0.961. The molecule has 0 spiro atoms. The van der Waals surface area contributed by atoms with Crippen LogP contribution in [0.1, 0.15) is 11.1 Å². The van der Waals surface area contributed by atoms with Crippen molar-refractivity contribution < 1.29 is 9.90 Å².